The highest BCUT2D eigenvalue weighted by molar-refractivity contribution is 7.99. The molecule has 3 aromatic rings. The lowest BCUT2D eigenvalue weighted by Gasteiger charge is -2.15. The van der Waals surface area contributed by atoms with Crippen molar-refractivity contribution >= 4 is 40.6 Å². The number of nitrogens with one attached hydrogen (secondary N) is 1. The molecule has 0 aliphatic heterocycles. The Morgan fingerprint density at radius 1 is 1.36 bits per heavy atom. The first kappa shape index (κ1) is 17.8. The number of benzene rings is 1. The first-order valence-corrected chi connectivity index (χ1v) is 9.71. The summed E-state index contributed by atoms with van der Waals surface area (Å²) in [5.74, 6) is 6.67. The largest absolute Gasteiger partial charge is 0.349 e. The van der Waals surface area contributed by atoms with Crippen LogP contribution in [0.15, 0.2) is 46.9 Å². The van der Waals surface area contributed by atoms with Gasteiger partial charge in [0, 0.05) is 5.02 Å². The number of carbonyl (C=O) groups is 1. The van der Waals surface area contributed by atoms with Gasteiger partial charge in [0.05, 0.1) is 16.7 Å². The molecule has 0 aliphatic carbocycles. The predicted molar refractivity (Wildman–Crippen MR) is 102 cm³/mol. The molecule has 2 heterocycles. The van der Waals surface area contributed by atoms with Crippen LogP contribution in [0.1, 0.15) is 18.5 Å². The molecule has 3 N–H and O–H groups in total. The van der Waals surface area contributed by atoms with Crippen molar-refractivity contribution in [1.82, 2.24) is 20.2 Å². The van der Waals surface area contributed by atoms with Crippen LogP contribution in [0.4, 0.5) is 0 Å². The maximum Gasteiger partial charge on any atom is 0.230 e. The van der Waals surface area contributed by atoms with Gasteiger partial charge in [0.15, 0.2) is 5.82 Å². The van der Waals surface area contributed by atoms with E-state index in [2.05, 4.69) is 15.5 Å². The molecule has 6 nitrogen and oxygen atoms in total. The number of thiophene rings is 1. The highest BCUT2D eigenvalue weighted by Gasteiger charge is 2.16. The van der Waals surface area contributed by atoms with Crippen LogP contribution in [0.5, 0.6) is 0 Å². The van der Waals surface area contributed by atoms with Gasteiger partial charge in [-0.25, -0.2) is 4.68 Å². The van der Waals surface area contributed by atoms with Gasteiger partial charge in [-0.15, -0.1) is 21.5 Å². The Morgan fingerprint density at radius 3 is 2.88 bits per heavy atom. The first-order chi connectivity index (χ1) is 12.1. The number of nitrogen functional groups attached to an aromatic ring is 1. The highest BCUT2D eigenvalue weighted by atomic mass is 35.5. The maximum absolute atomic E-state index is 12.2. The molecule has 1 amide bonds. The second-order valence-corrected chi connectivity index (χ2v) is 7.55. The Kier molecular flexibility index (Phi) is 5.62. The number of amides is 1. The summed E-state index contributed by atoms with van der Waals surface area (Å²) in [5, 5.41) is 14.1. The predicted octanol–water partition coefficient (Wildman–Crippen LogP) is 3.34. The van der Waals surface area contributed by atoms with E-state index in [4.69, 9.17) is 17.4 Å². The monoisotopic (exact) mass is 393 g/mol. The van der Waals surface area contributed by atoms with Gasteiger partial charge >= 0.3 is 0 Å². The van der Waals surface area contributed by atoms with Gasteiger partial charge in [0.2, 0.25) is 11.1 Å². The molecule has 3 rings (SSSR count). The fourth-order valence-corrected chi connectivity index (χ4v) is 3.94. The molecule has 1 atom stereocenters. The molecule has 0 aliphatic rings. The Hall–Kier alpha value is -2.03. The molecule has 0 spiro atoms. The van der Waals surface area contributed by atoms with Crippen LogP contribution in [-0.2, 0) is 4.79 Å². The van der Waals surface area contributed by atoms with Gasteiger partial charge in [-0.3, -0.25) is 4.79 Å². The summed E-state index contributed by atoms with van der Waals surface area (Å²) in [6.07, 6.45) is 0. The molecular formula is C16H16ClN5OS2. The molecule has 25 heavy (non-hydrogen) atoms. The summed E-state index contributed by atoms with van der Waals surface area (Å²) in [7, 11) is 0. The third-order valence-electron chi connectivity index (χ3n) is 3.49. The molecule has 9 heteroatoms. The summed E-state index contributed by atoms with van der Waals surface area (Å²) in [5.41, 5.74) is 0.879. The summed E-state index contributed by atoms with van der Waals surface area (Å²) in [4.78, 5) is 13.1. The van der Waals surface area contributed by atoms with Crippen molar-refractivity contribution in [2.45, 2.75) is 18.1 Å². The average molecular weight is 394 g/mol. The molecule has 130 valence electrons. The molecule has 0 radical (unpaired) electrons. The van der Waals surface area contributed by atoms with Gasteiger partial charge in [-0.2, -0.15) is 0 Å². The van der Waals surface area contributed by atoms with Crippen LogP contribution in [0.2, 0.25) is 5.02 Å². The highest BCUT2D eigenvalue weighted by Crippen LogP contribution is 2.25. The van der Waals surface area contributed by atoms with E-state index < -0.39 is 0 Å². The summed E-state index contributed by atoms with van der Waals surface area (Å²) >= 11 is 8.92. The normalized spacial score (nSPS) is 12.1. The van der Waals surface area contributed by atoms with Crippen molar-refractivity contribution in [2.75, 3.05) is 11.6 Å². The molecular weight excluding hydrogens is 378 g/mol. The Labute approximate surface area is 158 Å². The van der Waals surface area contributed by atoms with Gasteiger partial charge in [0.1, 0.15) is 0 Å². The Morgan fingerprint density at radius 2 is 2.16 bits per heavy atom. The van der Waals surface area contributed by atoms with Crippen molar-refractivity contribution in [1.29, 1.82) is 0 Å². The SMILES string of the molecule is C[C@@H](NC(=O)CSc1nnc(-c2cccs2)n1N)c1ccccc1Cl. The van der Waals surface area contributed by atoms with E-state index >= 15 is 0 Å². The van der Waals surface area contributed by atoms with E-state index in [-0.39, 0.29) is 17.7 Å². The molecule has 2 aromatic heterocycles. The molecule has 0 fully saturated rings. The van der Waals surface area contributed by atoms with Crippen molar-refractivity contribution in [3.63, 3.8) is 0 Å². The molecule has 1 aromatic carbocycles. The van der Waals surface area contributed by atoms with Crippen LogP contribution in [0, 0.1) is 0 Å². The van der Waals surface area contributed by atoms with Crippen molar-refractivity contribution in [2.24, 2.45) is 0 Å². The average Bonchev–Trinajstić information content (AvgIpc) is 3.23. The van der Waals surface area contributed by atoms with E-state index in [1.807, 2.05) is 42.6 Å². The zero-order chi connectivity index (χ0) is 17.8. The van der Waals surface area contributed by atoms with Crippen molar-refractivity contribution < 1.29 is 4.79 Å². The van der Waals surface area contributed by atoms with E-state index in [0.717, 1.165) is 10.4 Å². The number of hydrogen-bond donors (Lipinski definition) is 2. The number of thioether (sulfide) groups is 1. The number of nitrogens with zero attached hydrogens (tertiary/aromatic N) is 3. The smallest absolute Gasteiger partial charge is 0.230 e. The van der Waals surface area contributed by atoms with Gasteiger partial charge in [-0.1, -0.05) is 47.6 Å². The summed E-state index contributed by atoms with van der Waals surface area (Å²) in [6, 6.07) is 11.1. The maximum atomic E-state index is 12.2. The first-order valence-electron chi connectivity index (χ1n) is 7.47. The zero-order valence-corrected chi connectivity index (χ0v) is 15.7. The van der Waals surface area contributed by atoms with Crippen LogP contribution in [0.3, 0.4) is 0 Å². The number of nitrogens with two attached hydrogens (primary N) is 1. The van der Waals surface area contributed by atoms with Crippen LogP contribution < -0.4 is 11.2 Å². The molecule has 0 bridgehead atoms. The topological polar surface area (TPSA) is 85.8 Å². The Bertz CT molecular complexity index is 865. The number of aromatic nitrogens is 3. The van der Waals surface area contributed by atoms with Crippen LogP contribution >= 0.6 is 34.7 Å². The minimum absolute atomic E-state index is 0.127. The molecule has 0 saturated carbocycles. The second kappa shape index (κ2) is 7.90. The van der Waals surface area contributed by atoms with E-state index in [1.165, 1.54) is 27.8 Å². The zero-order valence-electron chi connectivity index (χ0n) is 13.3. The van der Waals surface area contributed by atoms with Gasteiger partial charge < -0.3 is 11.2 Å². The van der Waals surface area contributed by atoms with Crippen molar-refractivity contribution in [3.8, 4) is 10.7 Å². The van der Waals surface area contributed by atoms with Crippen LogP contribution in [0.25, 0.3) is 10.7 Å². The van der Waals surface area contributed by atoms with E-state index in [1.54, 1.807) is 6.07 Å². The minimum Gasteiger partial charge on any atom is -0.349 e. The summed E-state index contributed by atoms with van der Waals surface area (Å²) in [6.45, 7) is 1.89. The molecule has 0 saturated heterocycles. The Balaban J connectivity index is 1.59. The fourth-order valence-electron chi connectivity index (χ4n) is 2.27. The number of rotatable bonds is 6. The lowest BCUT2D eigenvalue weighted by molar-refractivity contribution is -0.119. The third kappa shape index (κ3) is 4.15. The standard InChI is InChI=1S/C16H16ClN5OS2/c1-10(11-5-2-3-6-12(11)17)19-14(23)9-25-16-21-20-15(22(16)18)13-7-4-8-24-13/h2-8,10H,9,18H2,1H3,(H,19,23)/t10-/m1/s1. The number of halogens is 1. The lowest BCUT2D eigenvalue weighted by atomic mass is 10.1. The van der Waals surface area contributed by atoms with Gasteiger partial charge in [-0.05, 0) is 30.0 Å². The number of carbonyl (C=O) groups excluding carboxylic acids is 1. The lowest BCUT2D eigenvalue weighted by Crippen LogP contribution is -2.28. The summed E-state index contributed by atoms with van der Waals surface area (Å²) < 4.78 is 1.40. The van der Waals surface area contributed by atoms with E-state index in [0.29, 0.717) is 16.0 Å². The van der Waals surface area contributed by atoms with E-state index in [9.17, 15) is 4.79 Å². The second-order valence-electron chi connectivity index (χ2n) is 5.25. The van der Waals surface area contributed by atoms with Gasteiger partial charge in [0.25, 0.3) is 0 Å². The van der Waals surface area contributed by atoms with Crippen LogP contribution in [-0.4, -0.2) is 26.5 Å². The van der Waals surface area contributed by atoms with Crippen molar-refractivity contribution in [3.05, 3.63) is 52.4 Å². The third-order valence-corrected chi connectivity index (χ3v) is 5.64. The fraction of sp³-hybridized carbons (Fsp3) is 0.188. The quantitative estimate of drug-likeness (QED) is 0.495. The minimum atomic E-state index is -0.181. The molecule has 0 unspecified atom stereocenters. The number of hydrogen-bond acceptors (Lipinski definition) is 6.